The van der Waals surface area contributed by atoms with E-state index < -0.39 is 46.3 Å². The van der Waals surface area contributed by atoms with Crippen LogP contribution in [0.1, 0.15) is 86.0 Å². The maximum absolute atomic E-state index is 15.2. The molecule has 2 aliphatic carbocycles. The summed E-state index contributed by atoms with van der Waals surface area (Å²) in [4.78, 5) is 75.1. The molecule has 5 N–H and O–H groups in total. The number of methoxy groups -OCH3 is 1. The molecule has 0 bridgehead atoms. The van der Waals surface area contributed by atoms with Crippen molar-refractivity contribution in [2.75, 3.05) is 69.8 Å². The third kappa shape index (κ3) is 12.4. The van der Waals surface area contributed by atoms with Crippen LogP contribution in [0.3, 0.4) is 0 Å². The molecule has 3 atom stereocenters. The minimum absolute atomic E-state index is 0.0504. The number of nitrogens with zero attached hydrogens (tertiary/aromatic N) is 6. The molecule has 2 aliphatic heterocycles. The first-order valence-corrected chi connectivity index (χ1v) is 26.8. The van der Waals surface area contributed by atoms with Crippen LogP contribution in [-0.2, 0) is 20.9 Å². The first-order valence-electron chi connectivity index (χ1n) is 24.5. The normalized spacial score (nSPS) is 21.6. The number of ether oxygens (including phenoxy) is 1. The zero-order valence-corrected chi connectivity index (χ0v) is 43.7. The first kappa shape index (κ1) is 52.2. The smallest absolute Gasteiger partial charge is 0.258 e. The highest BCUT2D eigenvalue weighted by Gasteiger charge is 2.54. The Hall–Kier alpha value is -5.08. The van der Waals surface area contributed by atoms with Crippen LogP contribution in [0.25, 0.3) is 10.4 Å². The molecule has 71 heavy (non-hydrogen) atoms. The van der Waals surface area contributed by atoms with Crippen molar-refractivity contribution in [1.29, 1.82) is 0 Å². The number of halogens is 2. The number of anilines is 3. The number of aliphatic hydroxyl groups excluding tert-OH is 1. The minimum Gasteiger partial charge on any atom is -0.495 e. The van der Waals surface area contributed by atoms with E-state index in [4.69, 9.17) is 16.3 Å². The van der Waals surface area contributed by atoms with Crippen LogP contribution in [0.2, 0.25) is 5.02 Å². The van der Waals surface area contributed by atoms with E-state index in [9.17, 15) is 24.3 Å². The van der Waals surface area contributed by atoms with Crippen LogP contribution in [0.4, 0.5) is 21.8 Å². The number of likely N-dealkylation sites (tertiary alicyclic amines) is 1. The number of thioether (sulfide) groups is 1. The summed E-state index contributed by atoms with van der Waals surface area (Å²) >= 11 is 9.31. The first-order chi connectivity index (χ1) is 33.9. The summed E-state index contributed by atoms with van der Waals surface area (Å²) in [6, 6.07) is 9.28. The van der Waals surface area contributed by atoms with E-state index in [1.807, 2.05) is 50.2 Å². The van der Waals surface area contributed by atoms with Gasteiger partial charge in [-0.2, -0.15) is 16.7 Å². The topological polar surface area (TPSA) is 194 Å². The van der Waals surface area contributed by atoms with E-state index >= 15 is 4.39 Å². The average Bonchev–Trinajstić information content (AvgIpc) is 3.77. The second-order valence-corrected chi connectivity index (χ2v) is 22.9. The van der Waals surface area contributed by atoms with Gasteiger partial charge in [-0.3, -0.25) is 24.1 Å². The molecule has 8 rings (SSSR count). The van der Waals surface area contributed by atoms with Crippen molar-refractivity contribution in [1.82, 2.24) is 40.3 Å². The van der Waals surface area contributed by atoms with Crippen LogP contribution >= 0.6 is 34.7 Å². The Kier molecular flexibility index (Phi) is 16.5. The number of rotatable bonds is 18. The lowest BCUT2D eigenvalue weighted by Gasteiger charge is -2.40. The van der Waals surface area contributed by atoms with E-state index in [0.717, 1.165) is 78.3 Å². The Morgan fingerprint density at radius 2 is 1.76 bits per heavy atom. The van der Waals surface area contributed by atoms with Crippen molar-refractivity contribution in [2.24, 2.45) is 11.8 Å². The molecule has 2 aromatic carbocycles. The largest absolute Gasteiger partial charge is 0.495 e. The maximum Gasteiger partial charge on any atom is 0.258 e. The molecule has 4 fully saturated rings. The molecule has 4 heterocycles. The van der Waals surface area contributed by atoms with Gasteiger partial charge in [0.05, 0.1) is 41.2 Å². The lowest BCUT2D eigenvalue weighted by atomic mass is 9.82. The van der Waals surface area contributed by atoms with Gasteiger partial charge in [0.25, 0.3) is 11.8 Å². The fraction of sp³-hybridized carbons (Fsp3) is 0.549. The van der Waals surface area contributed by atoms with Gasteiger partial charge in [-0.15, -0.1) is 11.3 Å². The van der Waals surface area contributed by atoms with Gasteiger partial charge in [-0.1, -0.05) is 29.8 Å². The highest BCUT2D eigenvalue weighted by Crippen LogP contribution is 2.42. The number of hydrogen-bond acceptors (Lipinski definition) is 14. The van der Waals surface area contributed by atoms with Crippen LogP contribution in [0.5, 0.6) is 5.75 Å². The summed E-state index contributed by atoms with van der Waals surface area (Å²) < 4.78 is 20.0. The molecule has 0 spiro atoms. The number of aromatic nitrogens is 3. The highest BCUT2D eigenvalue weighted by molar-refractivity contribution is 8.00. The van der Waals surface area contributed by atoms with Gasteiger partial charge < -0.3 is 40.9 Å². The van der Waals surface area contributed by atoms with Gasteiger partial charge >= 0.3 is 0 Å². The number of thiazole rings is 1. The predicted octanol–water partition coefficient (Wildman–Crippen LogP) is 7.01. The number of hydrogen-bond donors (Lipinski definition) is 5. The number of benzene rings is 2. The van der Waals surface area contributed by atoms with E-state index in [2.05, 4.69) is 47.2 Å². The van der Waals surface area contributed by atoms with Crippen molar-refractivity contribution < 1.29 is 33.4 Å². The van der Waals surface area contributed by atoms with Crippen LogP contribution in [0.15, 0.2) is 48.1 Å². The molecule has 2 aromatic heterocycles. The minimum atomic E-state index is -2.00. The number of aliphatic hydroxyl groups is 1. The Bertz CT molecular complexity index is 2580. The number of alkyl halides is 1. The summed E-state index contributed by atoms with van der Waals surface area (Å²) in [6.07, 6.45) is 5.00. The predicted molar refractivity (Wildman–Crippen MR) is 277 cm³/mol. The molecule has 0 unspecified atom stereocenters. The summed E-state index contributed by atoms with van der Waals surface area (Å²) in [5.41, 5.74) is 4.91. The van der Waals surface area contributed by atoms with E-state index in [1.54, 1.807) is 55.5 Å². The number of carbonyl (C=O) groups excluding carboxylic acids is 4. The number of aryl methyl sites for hydroxylation is 2. The quantitative estimate of drug-likeness (QED) is 0.0685. The van der Waals surface area contributed by atoms with Gasteiger partial charge in [0.15, 0.2) is 5.67 Å². The number of amides is 4. The second-order valence-electron chi connectivity index (χ2n) is 20.0. The zero-order valence-electron chi connectivity index (χ0n) is 41.4. The second kappa shape index (κ2) is 22.4. The lowest BCUT2D eigenvalue weighted by molar-refractivity contribution is -0.143. The molecule has 2 saturated heterocycles. The van der Waals surface area contributed by atoms with Crippen LogP contribution in [-0.4, -0.2) is 146 Å². The summed E-state index contributed by atoms with van der Waals surface area (Å²) in [5.74, 6) is 1.24. The molecule has 382 valence electrons. The molecular weight excluding hydrogens is 967 g/mol. The summed E-state index contributed by atoms with van der Waals surface area (Å²) in [7, 11) is 3.28. The number of β-amino-alcohol motifs (C(OH)–C–C–N with tert-alkyl or cyclic N) is 1. The monoisotopic (exact) mass is 1030 g/mol. The SMILES string of the molecule is CNc1nc(Nc2ccc(C(=O)N3CCN(CC4CCC(CSC(C)(C)[C@H](NC(=O)C5(F)CC5)C(=O)N5C[C@H](O)C[C@@H]5C(=O)NCc5ccc(-c6scnc6C)cc5C)CC4)CC3)cc2OC)ncc1Cl. The Morgan fingerprint density at radius 1 is 1.03 bits per heavy atom. The Morgan fingerprint density at radius 3 is 2.42 bits per heavy atom. The molecule has 16 nitrogen and oxygen atoms in total. The third-order valence-corrected chi connectivity index (χ3v) is 17.4. The van der Waals surface area contributed by atoms with Gasteiger partial charge in [0.1, 0.15) is 28.7 Å². The fourth-order valence-electron chi connectivity index (χ4n) is 9.85. The molecule has 0 radical (unpaired) electrons. The van der Waals surface area contributed by atoms with Gasteiger partial charge in [-0.25, -0.2) is 14.4 Å². The fourth-order valence-corrected chi connectivity index (χ4v) is 12.2. The number of nitrogens with one attached hydrogen (secondary N) is 4. The third-order valence-electron chi connectivity index (χ3n) is 14.5. The van der Waals surface area contributed by atoms with Crippen LogP contribution < -0.4 is 26.0 Å². The van der Waals surface area contributed by atoms with E-state index in [0.29, 0.717) is 58.7 Å². The lowest BCUT2D eigenvalue weighted by Crippen LogP contribution is -2.61. The summed E-state index contributed by atoms with van der Waals surface area (Å²) in [6.45, 7) is 11.7. The molecule has 4 aromatic rings. The van der Waals surface area contributed by atoms with Gasteiger partial charge in [0.2, 0.25) is 17.8 Å². The van der Waals surface area contributed by atoms with Crippen LogP contribution in [0, 0.1) is 25.7 Å². The molecule has 20 heteroatoms. The number of carbonyl (C=O) groups is 4. The van der Waals surface area contributed by atoms with Gasteiger partial charge in [-0.05, 0) is 119 Å². The average molecular weight is 1030 g/mol. The van der Waals surface area contributed by atoms with Crippen molar-refractivity contribution in [3.63, 3.8) is 0 Å². The van der Waals surface area contributed by atoms with E-state index in [-0.39, 0.29) is 38.3 Å². The Balaban J connectivity index is 0.814. The summed E-state index contributed by atoms with van der Waals surface area (Å²) in [5, 5.41) is 23.1. The van der Waals surface area contributed by atoms with E-state index in [1.165, 1.54) is 11.1 Å². The maximum atomic E-state index is 15.2. The highest BCUT2D eigenvalue weighted by atomic mass is 35.5. The molecule has 4 aliphatic rings. The Labute approximate surface area is 428 Å². The van der Waals surface area contributed by atoms with Crippen molar-refractivity contribution in [3.05, 3.63) is 75.5 Å². The molecule has 2 saturated carbocycles. The van der Waals surface area contributed by atoms with Crippen molar-refractivity contribution in [3.8, 4) is 16.2 Å². The van der Waals surface area contributed by atoms with Crippen molar-refractivity contribution >= 4 is 75.8 Å². The standard InChI is InChI=1S/C51H66ClFN10O6S2/c1-30-21-34(42-31(2)57-29-70-42)11-12-36(30)24-55-45(65)40-23-37(64)27-63(40)47(67)43(59-48(68)51(53)15-16-51)50(3,4)71-28-33-9-7-32(8-10-33)26-61-17-19-62(20-18-61)46(66)35-13-14-39(41(22-35)69-6)58-49-56-25-38(52)44(54-5)60-49/h11-14,21-22,25,29,32-33,37,40,43,64H,7-10,15-20,23-24,26-28H2,1-6H3,(H,55,65)(H,59,68)(H2,54,56,58,60)/t32?,33?,37-,40-,43-/m1/s1. The molecular formula is C51H66ClFN10O6S2. The zero-order chi connectivity index (χ0) is 50.6. The van der Waals surface area contributed by atoms with Crippen molar-refractivity contribution in [2.45, 2.75) is 108 Å². The number of piperazine rings is 1. The van der Waals surface area contributed by atoms with Gasteiger partial charge in [0, 0.05) is 69.6 Å². The molecule has 4 amide bonds.